The van der Waals surface area contributed by atoms with Gasteiger partial charge >= 0.3 is 0 Å². The van der Waals surface area contributed by atoms with Crippen LogP contribution in [-0.4, -0.2) is 16.6 Å². The van der Waals surface area contributed by atoms with Gasteiger partial charge in [0.15, 0.2) is 0 Å². The van der Waals surface area contributed by atoms with E-state index in [9.17, 15) is 0 Å². The highest BCUT2D eigenvalue weighted by atomic mass is 35.5. The van der Waals surface area contributed by atoms with Crippen LogP contribution < -0.4 is 10.1 Å². The fraction of sp³-hybridized carbons (Fsp3) is 0.400. The van der Waals surface area contributed by atoms with E-state index < -0.39 is 0 Å². The summed E-state index contributed by atoms with van der Waals surface area (Å²) in [5, 5.41) is 3.84. The summed E-state index contributed by atoms with van der Waals surface area (Å²) in [6.45, 7) is 4.35. The zero-order valence-corrected chi connectivity index (χ0v) is 12.7. The van der Waals surface area contributed by atoms with Crippen LogP contribution in [0.15, 0.2) is 30.7 Å². The first kappa shape index (κ1) is 14.9. The van der Waals surface area contributed by atoms with Gasteiger partial charge in [-0.05, 0) is 31.7 Å². The maximum atomic E-state index is 6.02. The van der Waals surface area contributed by atoms with Gasteiger partial charge in [-0.3, -0.25) is 0 Å². The van der Waals surface area contributed by atoms with Crippen LogP contribution in [0.4, 0.5) is 0 Å². The van der Waals surface area contributed by atoms with Gasteiger partial charge in [0.05, 0.1) is 18.2 Å². The number of imidazole rings is 1. The summed E-state index contributed by atoms with van der Waals surface area (Å²) >= 11 is 6.02. The fourth-order valence-electron chi connectivity index (χ4n) is 2.08. The predicted molar refractivity (Wildman–Crippen MR) is 81.1 cm³/mol. The summed E-state index contributed by atoms with van der Waals surface area (Å²) in [4.78, 5) is 4.18. The number of hydrogen-bond acceptors (Lipinski definition) is 3. The highest BCUT2D eigenvalue weighted by Gasteiger charge is 2.07. The second-order valence-electron chi connectivity index (χ2n) is 4.65. The number of nitrogens with one attached hydrogen (secondary N) is 1. The molecule has 4 nitrogen and oxygen atoms in total. The van der Waals surface area contributed by atoms with Crippen LogP contribution in [0, 0.1) is 0 Å². The van der Waals surface area contributed by atoms with Crippen molar-refractivity contribution < 1.29 is 4.74 Å². The summed E-state index contributed by atoms with van der Waals surface area (Å²) in [6, 6.07) is 5.69. The molecule has 0 unspecified atom stereocenters. The summed E-state index contributed by atoms with van der Waals surface area (Å²) < 4.78 is 8.04. The Labute approximate surface area is 124 Å². The molecule has 0 aliphatic heterocycles. The van der Waals surface area contributed by atoms with Crippen LogP contribution >= 0.6 is 11.6 Å². The van der Waals surface area contributed by atoms with Gasteiger partial charge in [-0.15, -0.1) is 0 Å². The largest absolute Gasteiger partial charge is 0.487 e. The molecule has 5 heteroatoms. The monoisotopic (exact) mass is 293 g/mol. The van der Waals surface area contributed by atoms with Crippen LogP contribution in [0.5, 0.6) is 5.75 Å². The zero-order chi connectivity index (χ0) is 14.4. The van der Waals surface area contributed by atoms with Crippen LogP contribution in [0.25, 0.3) is 0 Å². The van der Waals surface area contributed by atoms with Gasteiger partial charge in [-0.25, -0.2) is 4.98 Å². The predicted octanol–water partition coefficient (Wildman–Crippen LogP) is 3.24. The van der Waals surface area contributed by atoms with Crippen molar-refractivity contribution >= 4 is 11.6 Å². The minimum absolute atomic E-state index is 0.512. The van der Waals surface area contributed by atoms with E-state index in [4.69, 9.17) is 16.3 Å². The Morgan fingerprint density at radius 1 is 1.40 bits per heavy atom. The summed E-state index contributed by atoms with van der Waals surface area (Å²) in [6.07, 6.45) is 4.77. The van der Waals surface area contributed by atoms with E-state index >= 15 is 0 Å². The van der Waals surface area contributed by atoms with Crippen molar-refractivity contribution in [3.63, 3.8) is 0 Å². The van der Waals surface area contributed by atoms with Gasteiger partial charge in [-0.2, -0.15) is 0 Å². The van der Waals surface area contributed by atoms with Crippen LogP contribution in [0.1, 0.15) is 24.6 Å². The molecule has 0 aliphatic rings. The number of aryl methyl sites for hydroxylation is 1. The lowest BCUT2D eigenvalue weighted by Crippen LogP contribution is -2.09. The van der Waals surface area contributed by atoms with Crippen molar-refractivity contribution in [2.45, 2.75) is 33.0 Å². The minimum Gasteiger partial charge on any atom is -0.487 e. The molecule has 0 spiro atoms. The third-order valence-electron chi connectivity index (χ3n) is 3.03. The van der Waals surface area contributed by atoms with Crippen molar-refractivity contribution in [2.75, 3.05) is 7.05 Å². The van der Waals surface area contributed by atoms with Crippen molar-refractivity contribution in [1.29, 1.82) is 0 Å². The Hall–Kier alpha value is -1.52. The Balaban J connectivity index is 2.08. The molecule has 0 fully saturated rings. The van der Waals surface area contributed by atoms with E-state index in [1.165, 1.54) is 0 Å². The first-order valence-electron chi connectivity index (χ1n) is 6.79. The van der Waals surface area contributed by atoms with Crippen molar-refractivity contribution in [2.24, 2.45) is 0 Å². The second kappa shape index (κ2) is 7.31. The van der Waals surface area contributed by atoms with Crippen molar-refractivity contribution in [1.82, 2.24) is 14.9 Å². The molecule has 0 radical (unpaired) electrons. The average Bonchev–Trinajstić information content (AvgIpc) is 2.86. The van der Waals surface area contributed by atoms with Crippen LogP contribution in [0.3, 0.4) is 0 Å². The minimum atomic E-state index is 0.512. The molecule has 0 saturated heterocycles. The SMILES string of the molecule is CCCn1cncc1COc1ccc(Cl)cc1CNC. The molecule has 0 aliphatic carbocycles. The highest BCUT2D eigenvalue weighted by molar-refractivity contribution is 6.30. The third kappa shape index (κ3) is 3.74. The van der Waals surface area contributed by atoms with Crippen LogP contribution in [-0.2, 0) is 19.7 Å². The van der Waals surface area contributed by atoms with E-state index in [-0.39, 0.29) is 0 Å². The molecule has 108 valence electrons. The Kier molecular flexibility index (Phi) is 5.44. The summed E-state index contributed by atoms with van der Waals surface area (Å²) in [7, 11) is 1.90. The average molecular weight is 294 g/mol. The fourth-order valence-corrected chi connectivity index (χ4v) is 2.27. The molecule has 2 rings (SSSR count). The third-order valence-corrected chi connectivity index (χ3v) is 3.26. The molecule has 1 heterocycles. The molecule has 2 aromatic rings. The molecular weight excluding hydrogens is 274 g/mol. The van der Waals surface area contributed by atoms with E-state index in [1.807, 2.05) is 37.8 Å². The normalized spacial score (nSPS) is 10.8. The molecule has 1 N–H and O–H groups in total. The number of aromatic nitrogens is 2. The van der Waals surface area contributed by atoms with E-state index in [0.717, 1.165) is 41.5 Å². The Bertz CT molecular complexity index is 554. The molecular formula is C15H20ClN3O. The molecule has 1 aromatic heterocycles. The Morgan fingerprint density at radius 3 is 3.00 bits per heavy atom. The standard InChI is InChI=1S/C15H20ClN3O/c1-3-6-19-11-18-9-14(19)10-20-15-5-4-13(16)7-12(15)8-17-2/h4-5,7,9,11,17H,3,6,8,10H2,1-2H3. The summed E-state index contributed by atoms with van der Waals surface area (Å²) in [5.41, 5.74) is 2.14. The van der Waals surface area contributed by atoms with Crippen molar-refractivity contribution in [3.05, 3.63) is 47.0 Å². The second-order valence-corrected chi connectivity index (χ2v) is 5.09. The number of rotatable bonds is 7. The van der Waals surface area contributed by atoms with E-state index in [0.29, 0.717) is 6.61 Å². The molecule has 1 aromatic carbocycles. The molecule has 0 amide bonds. The smallest absolute Gasteiger partial charge is 0.130 e. The summed E-state index contributed by atoms with van der Waals surface area (Å²) in [5.74, 6) is 0.855. The van der Waals surface area contributed by atoms with Crippen LogP contribution in [0.2, 0.25) is 5.02 Å². The maximum Gasteiger partial charge on any atom is 0.130 e. The molecule has 20 heavy (non-hydrogen) atoms. The maximum absolute atomic E-state index is 6.02. The topological polar surface area (TPSA) is 39.1 Å². The first-order chi connectivity index (χ1) is 9.74. The quantitative estimate of drug-likeness (QED) is 0.852. The zero-order valence-electron chi connectivity index (χ0n) is 11.9. The molecule has 0 saturated carbocycles. The van der Waals surface area contributed by atoms with Gasteiger partial charge < -0.3 is 14.6 Å². The lowest BCUT2D eigenvalue weighted by atomic mass is 10.2. The van der Waals surface area contributed by atoms with Gasteiger partial charge in [-0.1, -0.05) is 18.5 Å². The lowest BCUT2D eigenvalue weighted by molar-refractivity contribution is 0.291. The number of halogens is 1. The number of nitrogens with zero attached hydrogens (tertiary/aromatic N) is 2. The number of benzene rings is 1. The van der Waals surface area contributed by atoms with Gasteiger partial charge in [0.2, 0.25) is 0 Å². The number of hydrogen-bond donors (Lipinski definition) is 1. The van der Waals surface area contributed by atoms with Gasteiger partial charge in [0, 0.05) is 23.7 Å². The van der Waals surface area contributed by atoms with E-state index in [2.05, 4.69) is 21.8 Å². The van der Waals surface area contributed by atoms with Gasteiger partial charge in [0.1, 0.15) is 12.4 Å². The Morgan fingerprint density at radius 2 is 2.25 bits per heavy atom. The number of ether oxygens (including phenoxy) is 1. The first-order valence-corrected chi connectivity index (χ1v) is 7.17. The lowest BCUT2D eigenvalue weighted by Gasteiger charge is -2.13. The van der Waals surface area contributed by atoms with E-state index in [1.54, 1.807) is 0 Å². The highest BCUT2D eigenvalue weighted by Crippen LogP contribution is 2.23. The van der Waals surface area contributed by atoms with Crippen molar-refractivity contribution in [3.8, 4) is 5.75 Å². The molecule has 0 atom stereocenters. The molecule has 0 bridgehead atoms. The van der Waals surface area contributed by atoms with Gasteiger partial charge in [0.25, 0.3) is 0 Å².